The molecule has 2 aromatic carbocycles. The maximum atomic E-state index is 14.3. The zero-order valence-electron chi connectivity index (χ0n) is 23.4. The molecule has 2 N–H and O–H groups in total. The van der Waals surface area contributed by atoms with Crippen LogP contribution in [0.4, 0.5) is 4.79 Å². The molecule has 7 nitrogen and oxygen atoms in total. The molecule has 204 valence electrons. The third kappa shape index (κ3) is 9.26. The molecule has 0 heterocycles. The number of hydrogen-bond acceptors (Lipinski definition) is 4. The van der Waals surface area contributed by atoms with Crippen molar-refractivity contribution in [2.75, 3.05) is 6.54 Å². The maximum Gasteiger partial charge on any atom is 0.408 e. The average molecular weight is 520 g/mol. The smallest absolute Gasteiger partial charge is 0.408 e. The summed E-state index contributed by atoms with van der Waals surface area (Å²) < 4.78 is 5.47. The fourth-order valence-electron chi connectivity index (χ4n) is 4.08. The third-order valence-corrected chi connectivity index (χ3v) is 5.71. The van der Waals surface area contributed by atoms with Gasteiger partial charge >= 0.3 is 6.09 Å². The van der Waals surface area contributed by atoms with E-state index in [2.05, 4.69) is 16.6 Å². The molecule has 7 heteroatoms. The van der Waals surface area contributed by atoms with Crippen molar-refractivity contribution in [1.82, 2.24) is 15.5 Å². The first-order valence-electron chi connectivity index (χ1n) is 13.2. The number of carbonyl (C=O) groups excluding carboxylic acids is 3. The zero-order chi connectivity index (χ0) is 28.3. The second-order valence-corrected chi connectivity index (χ2v) is 10.6. The van der Waals surface area contributed by atoms with Crippen LogP contribution in [-0.2, 0) is 20.7 Å². The Kier molecular flexibility index (Phi) is 11.4. The second-order valence-electron chi connectivity index (χ2n) is 10.6. The Morgan fingerprint density at radius 3 is 2.21 bits per heavy atom. The van der Waals surface area contributed by atoms with Crippen LogP contribution in [0.2, 0.25) is 0 Å². The minimum atomic E-state index is -0.970. The standard InChI is InChI=1S/C31H41N3O4/c1-8-10-20-34(27(28(35)32-22(3)4)25-19-15-14-18-24(25)9-2)29(36)26(21-23-16-12-11-13-17-23)33-30(37)38-31(5,6)7/h2,11-19,22,26-27H,8,10,20-21H2,1,3-7H3,(H,32,35)(H,33,37). The van der Waals surface area contributed by atoms with Gasteiger partial charge in [-0.3, -0.25) is 9.59 Å². The number of terminal acetylenes is 1. The van der Waals surface area contributed by atoms with E-state index in [1.165, 1.54) is 0 Å². The lowest BCUT2D eigenvalue weighted by Gasteiger charge is -2.35. The van der Waals surface area contributed by atoms with Gasteiger partial charge in [-0.2, -0.15) is 0 Å². The summed E-state index contributed by atoms with van der Waals surface area (Å²) in [7, 11) is 0. The molecule has 38 heavy (non-hydrogen) atoms. The highest BCUT2D eigenvalue weighted by Gasteiger charge is 2.37. The molecule has 2 aromatic rings. The van der Waals surface area contributed by atoms with Gasteiger partial charge in [-0.15, -0.1) is 6.42 Å². The van der Waals surface area contributed by atoms with Crippen LogP contribution in [0, 0.1) is 12.3 Å². The molecule has 2 unspecified atom stereocenters. The molecular weight excluding hydrogens is 478 g/mol. The van der Waals surface area contributed by atoms with Gasteiger partial charge in [-0.05, 0) is 58.2 Å². The fraction of sp³-hybridized carbons (Fsp3) is 0.452. The third-order valence-electron chi connectivity index (χ3n) is 5.71. The summed E-state index contributed by atoms with van der Waals surface area (Å²) in [4.78, 5) is 42.3. The van der Waals surface area contributed by atoms with Crippen molar-refractivity contribution in [3.8, 4) is 12.3 Å². The van der Waals surface area contributed by atoms with Crippen LogP contribution in [0.15, 0.2) is 54.6 Å². The maximum absolute atomic E-state index is 14.3. The number of nitrogens with one attached hydrogen (secondary N) is 2. The molecule has 0 bridgehead atoms. The van der Waals surface area contributed by atoms with Gasteiger partial charge in [0, 0.05) is 24.6 Å². The van der Waals surface area contributed by atoms with Crippen LogP contribution in [-0.4, -0.2) is 47.0 Å². The summed E-state index contributed by atoms with van der Waals surface area (Å²) in [5, 5.41) is 5.72. The number of ether oxygens (including phenoxy) is 1. The lowest BCUT2D eigenvalue weighted by atomic mass is 9.96. The molecule has 0 aliphatic carbocycles. The van der Waals surface area contributed by atoms with Gasteiger partial charge < -0.3 is 20.3 Å². The molecule has 0 saturated heterocycles. The van der Waals surface area contributed by atoms with Gasteiger partial charge in [0.15, 0.2) is 0 Å². The lowest BCUT2D eigenvalue weighted by Crippen LogP contribution is -2.54. The average Bonchev–Trinajstić information content (AvgIpc) is 2.84. The van der Waals surface area contributed by atoms with Crippen LogP contribution >= 0.6 is 0 Å². The van der Waals surface area contributed by atoms with Crippen molar-refractivity contribution in [2.45, 2.75) is 84.5 Å². The number of benzene rings is 2. The second kappa shape index (κ2) is 14.2. The summed E-state index contributed by atoms with van der Waals surface area (Å²) in [5.41, 5.74) is 1.22. The highest BCUT2D eigenvalue weighted by Crippen LogP contribution is 2.27. The molecule has 0 aromatic heterocycles. The van der Waals surface area contributed by atoms with Crippen LogP contribution in [0.25, 0.3) is 0 Å². The molecule has 0 radical (unpaired) electrons. The van der Waals surface area contributed by atoms with E-state index in [0.29, 0.717) is 24.1 Å². The van der Waals surface area contributed by atoms with Crippen molar-refractivity contribution < 1.29 is 19.1 Å². The van der Waals surface area contributed by atoms with Gasteiger partial charge in [0.05, 0.1) is 0 Å². The van der Waals surface area contributed by atoms with Crippen LogP contribution in [0.3, 0.4) is 0 Å². The van der Waals surface area contributed by atoms with Crippen molar-refractivity contribution in [3.63, 3.8) is 0 Å². The molecule has 0 saturated carbocycles. The van der Waals surface area contributed by atoms with E-state index >= 15 is 0 Å². The predicted octanol–water partition coefficient (Wildman–Crippen LogP) is 5.00. The van der Waals surface area contributed by atoms with Crippen LogP contribution in [0.5, 0.6) is 0 Å². The quantitative estimate of drug-likeness (QED) is 0.409. The Morgan fingerprint density at radius 2 is 1.63 bits per heavy atom. The SMILES string of the molecule is C#Cc1ccccc1C(C(=O)NC(C)C)N(CCCC)C(=O)C(Cc1ccccc1)NC(=O)OC(C)(C)C. The first-order valence-corrected chi connectivity index (χ1v) is 13.2. The molecule has 0 fully saturated rings. The summed E-state index contributed by atoms with van der Waals surface area (Å²) in [6.45, 7) is 11.3. The van der Waals surface area contributed by atoms with E-state index in [0.717, 1.165) is 12.0 Å². The Bertz CT molecular complexity index is 1120. The van der Waals surface area contributed by atoms with E-state index in [1.54, 1.807) is 49.9 Å². The molecular formula is C31H41N3O4. The summed E-state index contributed by atoms with van der Waals surface area (Å²) >= 11 is 0. The van der Waals surface area contributed by atoms with E-state index in [-0.39, 0.29) is 24.3 Å². The van der Waals surface area contributed by atoms with Gasteiger partial charge in [0.2, 0.25) is 11.8 Å². The zero-order valence-corrected chi connectivity index (χ0v) is 23.4. The van der Waals surface area contributed by atoms with Crippen LogP contribution in [0.1, 0.15) is 77.1 Å². The minimum Gasteiger partial charge on any atom is -0.444 e. The monoisotopic (exact) mass is 519 g/mol. The number of unbranched alkanes of at least 4 members (excludes halogenated alkanes) is 1. The number of alkyl carbamates (subject to hydrolysis) is 1. The molecule has 0 aliphatic heterocycles. The number of nitrogens with zero attached hydrogens (tertiary/aromatic N) is 1. The van der Waals surface area contributed by atoms with E-state index < -0.39 is 23.8 Å². The minimum absolute atomic E-state index is 0.147. The Balaban J connectivity index is 2.59. The van der Waals surface area contributed by atoms with Crippen LogP contribution < -0.4 is 10.6 Å². The molecule has 2 atom stereocenters. The van der Waals surface area contributed by atoms with Crippen molar-refractivity contribution >= 4 is 17.9 Å². The fourth-order valence-corrected chi connectivity index (χ4v) is 4.08. The Labute approximate surface area is 227 Å². The normalized spacial score (nSPS) is 12.7. The lowest BCUT2D eigenvalue weighted by molar-refractivity contribution is -0.142. The molecule has 3 amide bonds. The molecule has 2 rings (SSSR count). The largest absolute Gasteiger partial charge is 0.444 e. The highest BCUT2D eigenvalue weighted by molar-refractivity contribution is 5.92. The summed E-state index contributed by atoms with van der Waals surface area (Å²) in [6.07, 6.45) is 6.80. The van der Waals surface area contributed by atoms with Crippen molar-refractivity contribution in [3.05, 3.63) is 71.3 Å². The number of amides is 3. The van der Waals surface area contributed by atoms with Gasteiger partial charge in [-0.25, -0.2) is 4.79 Å². The predicted molar refractivity (Wildman–Crippen MR) is 150 cm³/mol. The first-order chi connectivity index (χ1) is 18.0. The van der Waals surface area contributed by atoms with Crippen molar-refractivity contribution in [2.24, 2.45) is 0 Å². The number of rotatable bonds is 11. The van der Waals surface area contributed by atoms with E-state index in [9.17, 15) is 14.4 Å². The topological polar surface area (TPSA) is 87.7 Å². The van der Waals surface area contributed by atoms with E-state index in [4.69, 9.17) is 11.2 Å². The Morgan fingerprint density at radius 1 is 1.00 bits per heavy atom. The molecule has 0 aliphatic rings. The van der Waals surface area contributed by atoms with Crippen molar-refractivity contribution in [1.29, 1.82) is 0 Å². The van der Waals surface area contributed by atoms with Gasteiger partial charge in [0.25, 0.3) is 0 Å². The summed E-state index contributed by atoms with van der Waals surface area (Å²) in [6, 6.07) is 14.5. The van der Waals surface area contributed by atoms with Gasteiger partial charge in [-0.1, -0.05) is 67.8 Å². The van der Waals surface area contributed by atoms with Gasteiger partial charge in [0.1, 0.15) is 17.7 Å². The highest BCUT2D eigenvalue weighted by atomic mass is 16.6. The Hall–Kier alpha value is -3.79. The van der Waals surface area contributed by atoms with E-state index in [1.807, 2.05) is 51.1 Å². The number of carbonyl (C=O) groups is 3. The molecule has 0 spiro atoms. The summed E-state index contributed by atoms with van der Waals surface area (Å²) in [5.74, 6) is 1.94. The first kappa shape index (κ1) is 30.4. The number of hydrogen-bond donors (Lipinski definition) is 2.